The fourth-order valence-electron chi connectivity index (χ4n) is 3.10. The number of rotatable bonds is 5. The van der Waals surface area contributed by atoms with Crippen LogP contribution in [0.1, 0.15) is 48.5 Å². The molecule has 1 aliphatic rings. The molecule has 1 fully saturated rings. The highest BCUT2D eigenvalue weighted by Crippen LogP contribution is 2.29. The quantitative estimate of drug-likeness (QED) is 0.867. The summed E-state index contributed by atoms with van der Waals surface area (Å²) in [5.41, 5.74) is 1.90. The first-order chi connectivity index (χ1) is 11.5. The van der Waals surface area contributed by atoms with Gasteiger partial charge in [-0.3, -0.25) is 9.69 Å². The summed E-state index contributed by atoms with van der Waals surface area (Å²) in [5.74, 6) is -0.00318. The van der Waals surface area contributed by atoms with Crippen LogP contribution in [0.3, 0.4) is 0 Å². The van der Waals surface area contributed by atoms with Crippen LogP contribution in [0.25, 0.3) is 10.6 Å². The van der Waals surface area contributed by atoms with E-state index in [2.05, 4.69) is 34.4 Å². The number of carbonyl (C=O) groups excluding carboxylic acids is 1. The van der Waals surface area contributed by atoms with Crippen molar-refractivity contribution in [1.29, 1.82) is 0 Å². The normalized spacial score (nSPS) is 16.3. The van der Waals surface area contributed by atoms with Crippen molar-refractivity contribution in [3.8, 4) is 10.6 Å². The molecule has 2 aromatic rings. The summed E-state index contributed by atoms with van der Waals surface area (Å²) >= 11 is 3.13. The maximum atomic E-state index is 12.6. The molecule has 1 aliphatic heterocycles. The van der Waals surface area contributed by atoms with E-state index < -0.39 is 0 Å². The van der Waals surface area contributed by atoms with Crippen molar-refractivity contribution >= 4 is 28.6 Å². The molecule has 6 heteroatoms. The van der Waals surface area contributed by atoms with Crippen LogP contribution < -0.4 is 5.32 Å². The summed E-state index contributed by atoms with van der Waals surface area (Å²) in [6.45, 7) is 9.27. The van der Waals surface area contributed by atoms with Crippen LogP contribution >= 0.6 is 22.7 Å². The van der Waals surface area contributed by atoms with Crippen molar-refractivity contribution in [3.05, 3.63) is 27.4 Å². The molecule has 3 heterocycles. The van der Waals surface area contributed by atoms with Crippen LogP contribution in [-0.2, 0) is 0 Å². The molecule has 0 aromatic carbocycles. The molecule has 0 aliphatic carbocycles. The number of amides is 1. The monoisotopic (exact) mass is 363 g/mol. The molecule has 2 aromatic heterocycles. The lowest BCUT2D eigenvalue weighted by Gasteiger charge is -2.41. The van der Waals surface area contributed by atoms with Crippen molar-refractivity contribution < 1.29 is 4.79 Å². The Morgan fingerprint density at radius 2 is 2.08 bits per heavy atom. The van der Waals surface area contributed by atoms with E-state index in [0.29, 0.717) is 6.54 Å². The van der Waals surface area contributed by atoms with Gasteiger partial charge in [-0.25, -0.2) is 4.98 Å². The van der Waals surface area contributed by atoms with Crippen molar-refractivity contribution in [3.63, 3.8) is 0 Å². The molecular weight excluding hydrogens is 338 g/mol. The zero-order valence-electron chi connectivity index (χ0n) is 14.6. The molecular formula is C18H25N3OS2. The maximum Gasteiger partial charge on any atom is 0.263 e. The highest BCUT2D eigenvalue weighted by Gasteiger charge is 2.29. The zero-order chi connectivity index (χ0) is 17.2. The van der Waals surface area contributed by atoms with Gasteiger partial charge in [0.1, 0.15) is 9.88 Å². The van der Waals surface area contributed by atoms with Gasteiger partial charge in [-0.05, 0) is 58.1 Å². The first kappa shape index (κ1) is 17.6. The number of thiazole rings is 1. The van der Waals surface area contributed by atoms with E-state index in [1.807, 2.05) is 18.4 Å². The number of hydrogen-bond donors (Lipinski definition) is 1. The summed E-state index contributed by atoms with van der Waals surface area (Å²) in [5, 5.41) is 8.16. The molecule has 130 valence electrons. The van der Waals surface area contributed by atoms with E-state index >= 15 is 0 Å². The van der Waals surface area contributed by atoms with Crippen LogP contribution in [0.5, 0.6) is 0 Å². The average Bonchev–Trinajstić information content (AvgIpc) is 3.23. The fourth-order valence-corrected chi connectivity index (χ4v) is 4.80. The highest BCUT2D eigenvalue weighted by atomic mass is 32.1. The smallest absolute Gasteiger partial charge is 0.263 e. The number of likely N-dealkylation sites (tertiary alicyclic amines) is 1. The Morgan fingerprint density at radius 1 is 1.33 bits per heavy atom. The third kappa shape index (κ3) is 3.87. The predicted octanol–water partition coefficient (Wildman–Crippen LogP) is 4.17. The van der Waals surface area contributed by atoms with Gasteiger partial charge in [0, 0.05) is 23.0 Å². The van der Waals surface area contributed by atoms with Gasteiger partial charge < -0.3 is 5.32 Å². The number of nitrogens with zero attached hydrogens (tertiary/aromatic N) is 2. The van der Waals surface area contributed by atoms with Gasteiger partial charge in [0.25, 0.3) is 5.91 Å². The molecule has 1 saturated heterocycles. The summed E-state index contributed by atoms with van der Waals surface area (Å²) in [6.07, 6.45) is 3.84. The number of nitrogens with one attached hydrogen (secondary N) is 1. The zero-order valence-corrected chi connectivity index (χ0v) is 16.2. The van der Waals surface area contributed by atoms with Crippen molar-refractivity contribution in [2.45, 2.75) is 45.6 Å². The number of hydrogen-bond acceptors (Lipinski definition) is 5. The Labute approximate surface area is 151 Å². The van der Waals surface area contributed by atoms with Gasteiger partial charge in [0.2, 0.25) is 0 Å². The number of aromatic nitrogens is 1. The molecule has 0 radical (unpaired) electrons. The SMILES string of the molecule is Cc1nc(-c2ccsc2)sc1C(=O)NCC(C)(C)N1CCCCC1. The Hall–Kier alpha value is -1.24. The second-order valence-corrected chi connectivity index (χ2v) is 8.77. The van der Waals surface area contributed by atoms with Crippen LogP contribution in [0, 0.1) is 6.92 Å². The number of piperidine rings is 1. The van der Waals surface area contributed by atoms with Gasteiger partial charge in [-0.2, -0.15) is 11.3 Å². The van der Waals surface area contributed by atoms with Gasteiger partial charge >= 0.3 is 0 Å². The minimum atomic E-state index is -0.00907. The van der Waals surface area contributed by atoms with E-state index in [1.54, 1.807) is 11.3 Å². The first-order valence-electron chi connectivity index (χ1n) is 8.50. The summed E-state index contributed by atoms with van der Waals surface area (Å²) < 4.78 is 0. The van der Waals surface area contributed by atoms with E-state index in [1.165, 1.54) is 30.6 Å². The molecule has 0 saturated carbocycles. The molecule has 1 N–H and O–H groups in total. The van der Waals surface area contributed by atoms with Crippen molar-refractivity contribution in [2.75, 3.05) is 19.6 Å². The molecule has 3 rings (SSSR count). The largest absolute Gasteiger partial charge is 0.349 e. The maximum absolute atomic E-state index is 12.6. The Bertz CT molecular complexity index is 685. The van der Waals surface area contributed by atoms with Crippen LogP contribution in [0.2, 0.25) is 0 Å². The molecule has 24 heavy (non-hydrogen) atoms. The summed E-state index contributed by atoms with van der Waals surface area (Å²) in [4.78, 5) is 20.4. The third-order valence-electron chi connectivity index (χ3n) is 4.66. The predicted molar refractivity (Wildman–Crippen MR) is 102 cm³/mol. The standard InChI is InChI=1S/C18H25N3OS2/c1-13-15(24-17(20-13)14-7-10-23-11-14)16(22)19-12-18(2,3)21-8-5-4-6-9-21/h7,10-11H,4-6,8-9,12H2,1-3H3,(H,19,22). The van der Waals surface area contributed by atoms with E-state index in [4.69, 9.17) is 0 Å². The summed E-state index contributed by atoms with van der Waals surface area (Å²) in [6, 6.07) is 2.05. The molecule has 1 amide bonds. The Kier molecular flexibility index (Phi) is 5.37. The van der Waals surface area contributed by atoms with Crippen molar-refractivity contribution in [1.82, 2.24) is 15.2 Å². The number of thiophene rings is 1. The Balaban J connectivity index is 1.64. The van der Waals surface area contributed by atoms with E-state index in [-0.39, 0.29) is 11.4 Å². The number of carbonyl (C=O) groups is 1. The lowest BCUT2D eigenvalue weighted by molar-refractivity contribution is 0.0799. The summed E-state index contributed by atoms with van der Waals surface area (Å²) in [7, 11) is 0. The van der Waals surface area contributed by atoms with Crippen LogP contribution in [0.15, 0.2) is 16.8 Å². The molecule has 0 unspecified atom stereocenters. The van der Waals surface area contributed by atoms with Crippen molar-refractivity contribution in [2.24, 2.45) is 0 Å². The third-order valence-corrected chi connectivity index (χ3v) is 6.55. The Morgan fingerprint density at radius 3 is 2.75 bits per heavy atom. The van der Waals surface area contributed by atoms with Crippen LogP contribution in [-0.4, -0.2) is 41.0 Å². The first-order valence-corrected chi connectivity index (χ1v) is 10.3. The van der Waals surface area contributed by atoms with Gasteiger partial charge in [0.15, 0.2) is 0 Å². The van der Waals surface area contributed by atoms with Gasteiger partial charge in [-0.15, -0.1) is 11.3 Å². The lowest BCUT2D eigenvalue weighted by atomic mass is 9.98. The lowest BCUT2D eigenvalue weighted by Crippen LogP contribution is -2.53. The minimum Gasteiger partial charge on any atom is -0.349 e. The minimum absolute atomic E-state index is 0.00318. The second kappa shape index (κ2) is 7.33. The topological polar surface area (TPSA) is 45.2 Å². The molecule has 4 nitrogen and oxygen atoms in total. The number of aryl methyl sites for hydroxylation is 1. The molecule has 0 atom stereocenters. The second-order valence-electron chi connectivity index (χ2n) is 6.99. The van der Waals surface area contributed by atoms with E-state index in [0.717, 1.165) is 34.2 Å². The molecule has 0 spiro atoms. The molecule has 0 bridgehead atoms. The fraction of sp³-hybridized carbons (Fsp3) is 0.556. The average molecular weight is 364 g/mol. The van der Waals surface area contributed by atoms with Gasteiger partial charge in [-0.1, -0.05) is 6.42 Å². The van der Waals surface area contributed by atoms with Crippen LogP contribution in [0.4, 0.5) is 0 Å². The van der Waals surface area contributed by atoms with E-state index in [9.17, 15) is 4.79 Å². The van der Waals surface area contributed by atoms with Gasteiger partial charge in [0.05, 0.1) is 5.69 Å². The highest BCUT2D eigenvalue weighted by molar-refractivity contribution is 7.17.